The average molecular weight is 258 g/mol. The Morgan fingerprint density at radius 2 is 1.18 bits per heavy atom. The van der Waals surface area contributed by atoms with Crippen molar-refractivity contribution >= 4 is 0 Å². The molecule has 0 spiro atoms. The number of rotatable bonds is 4. The van der Waals surface area contributed by atoms with Crippen molar-refractivity contribution in [2.24, 2.45) is 11.3 Å². The normalized spacial score (nSPS) is 15.5. The van der Waals surface area contributed by atoms with Crippen LogP contribution in [0.15, 0.2) is 0 Å². The van der Waals surface area contributed by atoms with Gasteiger partial charge in [-0.2, -0.15) is 17.6 Å². The molecule has 0 radical (unpaired) electrons. The molecule has 0 atom stereocenters. The summed E-state index contributed by atoms with van der Waals surface area (Å²) in [7, 11) is 0. The first-order chi connectivity index (χ1) is 7.15. The zero-order valence-corrected chi connectivity index (χ0v) is 11.5. The lowest BCUT2D eigenvalue weighted by atomic mass is 9.86. The standard InChI is InChI=1S/C12H22F4O/c1-8(2)10(6,7)17-12(15,16)11(13,14)9(3,4)5/h8H,1-7H3. The molecule has 0 rings (SSSR count). The highest BCUT2D eigenvalue weighted by Crippen LogP contribution is 2.49. The monoisotopic (exact) mass is 258 g/mol. The van der Waals surface area contributed by atoms with E-state index in [4.69, 9.17) is 0 Å². The lowest BCUT2D eigenvalue weighted by molar-refractivity contribution is -0.402. The Kier molecular flexibility index (Phi) is 4.33. The van der Waals surface area contributed by atoms with Gasteiger partial charge in [0, 0.05) is 5.41 Å². The second-order valence-electron chi connectivity index (χ2n) is 6.20. The molecule has 0 saturated carbocycles. The second-order valence-corrected chi connectivity index (χ2v) is 6.20. The predicted molar refractivity (Wildman–Crippen MR) is 59.4 cm³/mol. The molecule has 0 aromatic heterocycles. The Hall–Kier alpha value is -0.320. The maximum absolute atomic E-state index is 13.6. The minimum atomic E-state index is -4.49. The van der Waals surface area contributed by atoms with Crippen LogP contribution in [0.5, 0.6) is 0 Å². The highest BCUT2D eigenvalue weighted by molar-refractivity contribution is 4.91. The van der Waals surface area contributed by atoms with Crippen molar-refractivity contribution in [3.05, 3.63) is 0 Å². The van der Waals surface area contributed by atoms with Gasteiger partial charge in [-0.05, 0) is 19.8 Å². The first-order valence-corrected chi connectivity index (χ1v) is 5.61. The third-order valence-electron chi connectivity index (χ3n) is 3.09. The van der Waals surface area contributed by atoms with E-state index in [2.05, 4.69) is 4.74 Å². The van der Waals surface area contributed by atoms with Gasteiger partial charge in [0.2, 0.25) is 0 Å². The molecule has 1 nitrogen and oxygen atoms in total. The van der Waals surface area contributed by atoms with E-state index in [9.17, 15) is 17.6 Å². The first kappa shape index (κ1) is 16.7. The van der Waals surface area contributed by atoms with Crippen LogP contribution in [-0.4, -0.2) is 17.6 Å². The lowest BCUT2D eigenvalue weighted by Gasteiger charge is -2.41. The SMILES string of the molecule is CC(C)C(C)(C)OC(F)(F)C(F)(F)C(C)(C)C. The summed E-state index contributed by atoms with van der Waals surface area (Å²) in [5.41, 5.74) is -3.19. The zero-order chi connectivity index (χ0) is 14.3. The van der Waals surface area contributed by atoms with E-state index < -0.39 is 23.0 Å². The summed E-state index contributed by atoms with van der Waals surface area (Å²) < 4.78 is 58.8. The van der Waals surface area contributed by atoms with Gasteiger partial charge in [-0.1, -0.05) is 34.6 Å². The summed E-state index contributed by atoms with van der Waals surface area (Å²) >= 11 is 0. The fraction of sp³-hybridized carbons (Fsp3) is 1.00. The first-order valence-electron chi connectivity index (χ1n) is 5.61. The number of halogens is 4. The van der Waals surface area contributed by atoms with Crippen molar-refractivity contribution in [1.29, 1.82) is 0 Å². The Morgan fingerprint density at radius 1 is 0.824 bits per heavy atom. The average Bonchev–Trinajstić information content (AvgIpc) is 1.98. The maximum Gasteiger partial charge on any atom is 0.420 e. The van der Waals surface area contributed by atoms with E-state index in [1.54, 1.807) is 13.8 Å². The van der Waals surface area contributed by atoms with Gasteiger partial charge >= 0.3 is 12.0 Å². The van der Waals surface area contributed by atoms with Crippen molar-refractivity contribution in [3.63, 3.8) is 0 Å². The summed E-state index contributed by atoms with van der Waals surface area (Å²) in [6.07, 6.45) is -4.49. The van der Waals surface area contributed by atoms with E-state index in [1.807, 2.05) is 0 Å². The summed E-state index contributed by atoms with van der Waals surface area (Å²) in [5.74, 6) is -4.53. The topological polar surface area (TPSA) is 9.23 Å². The molecule has 5 heteroatoms. The molecule has 17 heavy (non-hydrogen) atoms. The molecule has 0 fully saturated rings. The van der Waals surface area contributed by atoms with E-state index >= 15 is 0 Å². The summed E-state index contributed by atoms with van der Waals surface area (Å²) in [4.78, 5) is 0. The van der Waals surface area contributed by atoms with Crippen LogP contribution in [0.1, 0.15) is 48.5 Å². The summed E-state index contributed by atoms with van der Waals surface area (Å²) in [6, 6.07) is 0. The largest absolute Gasteiger partial charge is 0.420 e. The van der Waals surface area contributed by atoms with Gasteiger partial charge in [0.25, 0.3) is 0 Å². The lowest BCUT2D eigenvalue weighted by Crippen LogP contribution is -2.55. The second kappa shape index (κ2) is 4.41. The molecular formula is C12H22F4O. The van der Waals surface area contributed by atoms with Crippen LogP contribution in [0.25, 0.3) is 0 Å². The third kappa shape index (κ3) is 3.33. The summed E-state index contributed by atoms with van der Waals surface area (Å²) in [6.45, 7) is 9.23. The van der Waals surface area contributed by atoms with Crippen LogP contribution < -0.4 is 0 Å². The molecule has 0 aromatic rings. The van der Waals surface area contributed by atoms with Gasteiger partial charge in [0.15, 0.2) is 0 Å². The van der Waals surface area contributed by atoms with Crippen molar-refractivity contribution in [2.75, 3.05) is 0 Å². The van der Waals surface area contributed by atoms with Crippen LogP contribution in [0, 0.1) is 11.3 Å². The zero-order valence-electron chi connectivity index (χ0n) is 11.5. The third-order valence-corrected chi connectivity index (χ3v) is 3.09. The number of alkyl halides is 4. The minimum absolute atomic E-state index is 0.302. The molecule has 0 bridgehead atoms. The van der Waals surface area contributed by atoms with Gasteiger partial charge in [-0.25, -0.2) is 0 Å². The molecule has 0 heterocycles. The molecule has 0 aromatic carbocycles. The van der Waals surface area contributed by atoms with Gasteiger partial charge in [0.1, 0.15) is 0 Å². The van der Waals surface area contributed by atoms with Crippen molar-refractivity contribution < 1.29 is 22.3 Å². The Labute approximate surface area is 101 Å². The molecule has 0 amide bonds. The molecule has 0 aliphatic carbocycles. The van der Waals surface area contributed by atoms with Crippen LogP contribution in [-0.2, 0) is 4.74 Å². The highest BCUT2D eigenvalue weighted by atomic mass is 19.3. The van der Waals surface area contributed by atoms with Gasteiger partial charge in [-0.15, -0.1) is 0 Å². The highest BCUT2D eigenvalue weighted by Gasteiger charge is 2.66. The Bertz CT molecular complexity index is 264. The fourth-order valence-corrected chi connectivity index (χ4v) is 0.949. The van der Waals surface area contributed by atoms with E-state index in [1.165, 1.54) is 13.8 Å². The Balaban J connectivity index is 5.17. The van der Waals surface area contributed by atoms with Gasteiger partial charge < -0.3 is 4.74 Å². The number of ether oxygens (including phenoxy) is 1. The minimum Gasteiger partial charge on any atom is -0.309 e. The van der Waals surface area contributed by atoms with Crippen LogP contribution in [0.2, 0.25) is 0 Å². The van der Waals surface area contributed by atoms with E-state index in [0.717, 1.165) is 20.8 Å². The van der Waals surface area contributed by atoms with Crippen LogP contribution in [0.3, 0.4) is 0 Å². The van der Waals surface area contributed by atoms with Crippen molar-refractivity contribution in [1.82, 2.24) is 0 Å². The quantitative estimate of drug-likeness (QED) is 0.663. The van der Waals surface area contributed by atoms with E-state index in [0.29, 0.717) is 0 Å². The van der Waals surface area contributed by atoms with E-state index in [-0.39, 0.29) is 5.92 Å². The molecule has 0 aliphatic rings. The van der Waals surface area contributed by atoms with Crippen molar-refractivity contribution in [2.45, 2.75) is 66.1 Å². The van der Waals surface area contributed by atoms with Crippen molar-refractivity contribution in [3.8, 4) is 0 Å². The maximum atomic E-state index is 13.6. The van der Waals surface area contributed by atoms with Crippen LogP contribution in [0.4, 0.5) is 17.6 Å². The molecule has 104 valence electrons. The molecule has 0 unspecified atom stereocenters. The molecule has 0 aliphatic heterocycles. The Morgan fingerprint density at radius 3 is 1.41 bits per heavy atom. The summed E-state index contributed by atoms with van der Waals surface area (Å²) in [5, 5.41) is 0. The molecule has 0 saturated heterocycles. The van der Waals surface area contributed by atoms with Gasteiger partial charge in [-0.3, -0.25) is 0 Å². The smallest absolute Gasteiger partial charge is 0.309 e. The predicted octanol–water partition coefficient (Wildman–Crippen LogP) is 4.71. The molecular weight excluding hydrogens is 236 g/mol. The number of hydrogen-bond donors (Lipinski definition) is 0. The fourth-order valence-electron chi connectivity index (χ4n) is 0.949. The van der Waals surface area contributed by atoms with Crippen LogP contribution >= 0.6 is 0 Å². The molecule has 0 N–H and O–H groups in total. The van der Waals surface area contributed by atoms with Gasteiger partial charge in [0.05, 0.1) is 5.60 Å². The number of hydrogen-bond acceptors (Lipinski definition) is 1.